The van der Waals surface area contributed by atoms with Crippen LogP contribution in [0, 0.1) is 17.5 Å². The number of rotatable bonds is 1. The van der Waals surface area contributed by atoms with Crippen LogP contribution >= 0.6 is 23.2 Å². The number of pyridine rings is 1. The van der Waals surface area contributed by atoms with E-state index in [1.54, 1.807) is 0 Å². The van der Waals surface area contributed by atoms with E-state index in [-0.39, 0.29) is 26.9 Å². The molecule has 2 aromatic heterocycles. The second kappa shape index (κ2) is 5.13. The lowest BCUT2D eigenvalue weighted by Gasteiger charge is -2.10. The molecule has 8 heteroatoms. The average Bonchev–Trinajstić information content (AvgIpc) is 2.41. The number of fused-ring (bicyclic) bond motifs is 1. The second-order valence-corrected chi connectivity index (χ2v) is 4.80. The molecule has 0 N–H and O–H groups in total. The number of halogens is 5. The second-order valence-electron chi connectivity index (χ2n) is 4.06. The number of aromatic nitrogens is 3. The van der Waals surface area contributed by atoms with E-state index in [1.165, 1.54) is 12.4 Å². The van der Waals surface area contributed by atoms with Crippen molar-refractivity contribution in [2.24, 2.45) is 0 Å². The third-order valence-corrected chi connectivity index (χ3v) is 3.42. The smallest absolute Gasteiger partial charge is 0.181 e. The van der Waals surface area contributed by atoms with Crippen molar-refractivity contribution in [3.8, 4) is 11.1 Å². The van der Waals surface area contributed by atoms with Gasteiger partial charge in [0.1, 0.15) is 28.1 Å². The van der Waals surface area contributed by atoms with Gasteiger partial charge in [0.25, 0.3) is 0 Å². The van der Waals surface area contributed by atoms with Crippen molar-refractivity contribution in [3.05, 3.63) is 52.2 Å². The third-order valence-electron chi connectivity index (χ3n) is 2.77. The summed E-state index contributed by atoms with van der Waals surface area (Å²) in [5, 5.41) is -0.361. The van der Waals surface area contributed by atoms with Gasteiger partial charge in [0.2, 0.25) is 0 Å². The zero-order valence-corrected chi connectivity index (χ0v) is 11.6. The summed E-state index contributed by atoms with van der Waals surface area (Å²) in [6.07, 6.45) is 2.73. The number of hydrogen-bond donors (Lipinski definition) is 0. The highest BCUT2D eigenvalue weighted by Gasteiger charge is 2.22. The van der Waals surface area contributed by atoms with E-state index in [4.69, 9.17) is 23.2 Å². The van der Waals surface area contributed by atoms with Crippen molar-refractivity contribution in [1.29, 1.82) is 0 Å². The standard InChI is InChI=1S/C13H4Cl2F3N3/c14-10-9(8-6(17)3-5(16)4-7(8)18)12(15)21-13-11(10)19-1-2-20-13/h1-4H. The van der Waals surface area contributed by atoms with E-state index < -0.39 is 23.0 Å². The Morgan fingerprint density at radius 3 is 2.14 bits per heavy atom. The molecule has 0 spiro atoms. The van der Waals surface area contributed by atoms with Crippen LogP contribution in [0.25, 0.3) is 22.3 Å². The van der Waals surface area contributed by atoms with Crippen LogP contribution in [-0.2, 0) is 0 Å². The molecule has 2 heterocycles. The summed E-state index contributed by atoms with van der Waals surface area (Å²) in [6, 6.07) is 1.07. The van der Waals surface area contributed by atoms with Gasteiger partial charge in [-0.15, -0.1) is 0 Å². The molecular weight excluding hydrogens is 326 g/mol. The van der Waals surface area contributed by atoms with E-state index in [2.05, 4.69) is 15.0 Å². The molecule has 3 nitrogen and oxygen atoms in total. The van der Waals surface area contributed by atoms with Crippen molar-refractivity contribution < 1.29 is 13.2 Å². The Balaban J connectivity index is 2.41. The topological polar surface area (TPSA) is 38.7 Å². The predicted octanol–water partition coefficient (Wildman–Crippen LogP) is 4.42. The molecule has 0 aliphatic rings. The lowest BCUT2D eigenvalue weighted by atomic mass is 10.1. The fourth-order valence-corrected chi connectivity index (χ4v) is 2.55. The predicted molar refractivity (Wildman–Crippen MR) is 72.7 cm³/mol. The Morgan fingerprint density at radius 2 is 1.48 bits per heavy atom. The molecule has 0 aliphatic carbocycles. The molecule has 106 valence electrons. The third kappa shape index (κ3) is 2.30. The highest BCUT2D eigenvalue weighted by Crippen LogP contribution is 2.39. The van der Waals surface area contributed by atoms with E-state index in [0.29, 0.717) is 12.1 Å². The Labute approximate surface area is 126 Å². The van der Waals surface area contributed by atoms with Gasteiger partial charge in [-0.3, -0.25) is 0 Å². The first-order chi connectivity index (χ1) is 9.99. The van der Waals surface area contributed by atoms with Crippen molar-refractivity contribution in [2.45, 2.75) is 0 Å². The lowest BCUT2D eigenvalue weighted by Crippen LogP contribution is -1.98. The fraction of sp³-hybridized carbons (Fsp3) is 0. The highest BCUT2D eigenvalue weighted by molar-refractivity contribution is 6.41. The summed E-state index contributed by atoms with van der Waals surface area (Å²) in [5.41, 5.74) is -0.478. The van der Waals surface area contributed by atoms with Crippen LogP contribution in [0.4, 0.5) is 13.2 Å². The van der Waals surface area contributed by atoms with Crippen molar-refractivity contribution in [1.82, 2.24) is 15.0 Å². The first kappa shape index (κ1) is 14.0. The van der Waals surface area contributed by atoms with Crippen LogP contribution in [0.2, 0.25) is 10.2 Å². The average molecular weight is 330 g/mol. The van der Waals surface area contributed by atoms with Gasteiger partial charge >= 0.3 is 0 Å². The maximum absolute atomic E-state index is 13.9. The molecule has 3 rings (SSSR count). The maximum atomic E-state index is 13.9. The van der Waals surface area contributed by atoms with Crippen molar-refractivity contribution in [3.63, 3.8) is 0 Å². The van der Waals surface area contributed by atoms with Crippen molar-refractivity contribution >= 4 is 34.4 Å². The van der Waals surface area contributed by atoms with Gasteiger partial charge in [-0.05, 0) is 0 Å². The molecule has 0 unspecified atom stereocenters. The van der Waals surface area contributed by atoms with Gasteiger partial charge in [0.05, 0.1) is 10.6 Å². The van der Waals surface area contributed by atoms with Crippen LogP contribution in [0.3, 0.4) is 0 Å². The summed E-state index contributed by atoms with van der Waals surface area (Å²) in [5.74, 6) is -3.32. The summed E-state index contributed by atoms with van der Waals surface area (Å²) in [4.78, 5) is 11.8. The molecule has 0 saturated carbocycles. The Morgan fingerprint density at radius 1 is 0.857 bits per heavy atom. The van der Waals surface area contributed by atoms with Crippen LogP contribution in [-0.4, -0.2) is 15.0 Å². The van der Waals surface area contributed by atoms with E-state index in [1.807, 2.05) is 0 Å². The molecule has 21 heavy (non-hydrogen) atoms. The largest absolute Gasteiger partial charge is 0.250 e. The van der Waals surface area contributed by atoms with Crippen LogP contribution in [0.5, 0.6) is 0 Å². The molecule has 0 fully saturated rings. The van der Waals surface area contributed by atoms with Gasteiger partial charge in [0.15, 0.2) is 5.65 Å². The van der Waals surface area contributed by atoms with Crippen LogP contribution < -0.4 is 0 Å². The van der Waals surface area contributed by atoms with Gasteiger partial charge in [-0.25, -0.2) is 28.1 Å². The lowest BCUT2D eigenvalue weighted by molar-refractivity contribution is 0.548. The van der Waals surface area contributed by atoms with Gasteiger partial charge in [0, 0.05) is 30.1 Å². The maximum Gasteiger partial charge on any atom is 0.181 e. The molecule has 0 aliphatic heterocycles. The SMILES string of the molecule is Fc1cc(F)c(-c2c(Cl)nc3nccnc3c2Cl)c(F)c1. The first-order valence-electron chi connectivity index (χ1n) is 5.59. The molecule has 0 atom stereocenters. The number of nitrogens with zero attached hydrogens (tertiary/aromatic N) is 3. The number of hydrogen-bond acceptors (Lipinski definition) is 3. The molecular formula is C13H4Cl2F3N3. The molecule has 3 aromatic rings. The zero-order chi connectivity index (χ0) is 15.1. The minimum atomic E-state index is -1.14. The molecule has 0 amide bonds. The Kier molecular flexibility index (Phi) is 3.43. The van der Waals surface area contributed by atoms with Crippen molar-refractivity contribution in [2.75, 3.05) is 0 Å². The highest BCUT2D eigenvalue weighted by atomic mass is 35.5. The summed E-state index contributed by atoms with van der Waals surface area (Å²) in [6.45, 7) is 0. The van der Waals surface area contributed by atoms with Gasteiger partial charge in [-0.2, -0.15) is 0 Å². The molecule has 0 radical (unpaired) electrons. The monoisotopic (exact) mass is 329 g/mol. The number of benzene rings is 1. The van der Waals surface area contributed by atoms with Crippen LogP contribution in [0.1, 0.15) is 0 Å². The quantitative estimate of drug-likeness (QED) is 0.620. The minimum Gasteiger partial charge on any atom is -0.250 e. The van der Waals surface area contributed by atoms with E-state index in [0.717, 1.165) is 0 Å². The molecule has 1 aromatic carbocycles. The van der Waals surface area contributed by atoms with Crippen LogP contribution in [0.15, 0.2) is 24.5 Å². The molecule has 0 bridgehead atoms. The zero-order valence-electron chi connectivity index (χ0n) is 10.0. The molecule has 0 saturated heterocycles. The Hall–Kier alpha value is -1.92. The van der Waals surface area contributed by atoms with E-state index >= 15 is 0 Å². The fourth-order valence-electron chi connectivity index (χ4n) is 1.92. The normalized spacial score (nSPS) is 11.1. The summed E-state index contributed by atoms with van der Waals surface area (Å²) >= 11 is 12.0. The van der Waals surface area contributed by atoms with Gasteiger partial charge < -0.3 is 0 Å². The van der Waals surface area contributed by atoms with Gasteiger partial charge in [-0.1, -0.05) is 23.2 Å². The van der Waals surface area contributed by atoms with E-state index in [9.17, 15) is 13.2 Å². The summed E-state index contributed by atoms with van der Waals surface area (Å²) in [7, 11) is 0. The summed E-state index contributed by atoms with van der Waals surface area (Å²) < 4.78 is 40.8. The first-order valence-corrected chi connectivity index (χ1v) is 6.35. The minimum absolute atomic E-state index is 0.109. The Bertz CT molecular complexity index is 848.